The van der Waals surface area contributed by atoms with Gasteiger partial charge in [0.1, 0.15) is 5.41 Å². The van der Waals surface area contributed by atoms with Crippen LogP contribution in [0.15, 0.2) is 18.2 Å². The van der Waals surface area contributed by atoms with Crippen LogP contribution in [-0.2, 0) is 9.59 Å². The van der Waals surface area contributed by atoms with Gasteiger partial charge in [-0.1, -0.05) is 0 Å². The van der Waals surface area contributed by atoms with Crippen molar-refractivity contribution in [3.05, 3.63) is 29.3 Å². The first-order valence-electron chi connectivity index (χ1n) is 6.84. The summed E-state index contributed by atoms with van der Waals surface area (Å²) in [4.78, 5) is 34.9. The zero-order valence-corrected chi connectivity index (χ0v) is 12.0. The van der Waals surface area contributed by atoms with Gasteiger partial charge in [0.2, 0.25) is 5.91 Å². The lowest BCUT2D eigenvalue weighted by Crippen LogP contribution is -2.31. The van der Waals surface area contributed by atoms with E-state index in [0.29, 0.717) is 36.2 Å². The minimum atomic E-state index is -1.27. The first-order valence-corrected chi connectivity index (χ1v) is 6.84. The number of hydrogen-bond acceptors (Lipinski definition) is 3. The van der Waals surface area contributed by atoms with Gasteiger partial charge >= 0.3 is 5.97 Å². The molecule has 1 saturated carbocycles. The van der Waals surface area contributed by atoms with E-state index in [-0.39, 0.29) is 5.91 Å². The molecule has 1 aliphatic carbocycles. The summed E-state index contributed by atoms with van der Waals surface area (Å²) in [6.07, 6.45) is 0.731. The van der Waals surface area contributed by atoms with Crippen LogP contribution in [0.3, 0.4) is 0 Å². The van der Waals surface area contributed by atoms with Crippen LogP contribution in [0.5, 0.6) is 0 Å². The van der Waals surface area contributed by atoms with Crippen molar-refractivity contribution in [2.75, 3.05) is 11.9 Å². The third kappa shape index (κ3) is 2.89. The van der Waals surface area contributed by atoms with Crippen LogP contribution >= 0.6 is 0 Å². The molecule has 2 rings (SSSR count). The number of amides is 2. The van der Waals surface area contributed by atoms with Crippen LogP contribution in [0.1, 0.15) is 35.7 Å². The van der Waals surface area contributed by atoms with Crippen molar-refractivity contribution in [1.82, 2.24) is 5.32 Å². The highest BCUT2D eigenvalue weighted by Crippen LogP contribution is 2.46. The maximum atomic E-state index is 12.0. The fraction of sp³-hybridized carbons (Fsp3) is 0.400. The van der Waals surface area contributed by atoms with Crippen LogP contribution in [0.2, 0.25) is 0 Å². The second kappa shape index (κ2) is 5.55. The topological polar surface area (TPSA) is 95.5 Å². The summed E-state index contributed by atoms with van der Waals surface area (Å²) in [6, 6.07) is 4.89. The number of carbonyl (C=O) groups is 3. The first kappa shape index (κ1) is 15.0. The molecule has 0 radical (unpaired) electrons. The highest BCUT2D eigenvalue weighted by molar-refractivity contribution is 6.11. The third-order valence-electron chi connectivity index (χ3n) is 3.67. The van der Waals surface area contributed by atoms with Gasteiger partial charge in [-0.25, -0.2) is 0 Å². The standard InChI is InChI=1S/C15H18N2O4/c1-3-16-12(18)10-4-5-11(9(2)8-10)17-13(19)15(6-7-15)14(20)21/h4-5,8H,3,6-7H2,1-2H3,(H,16,18)(H,17,19)(H,20,21). The number of carbonyl (C=O) groups excluding carboxylic acids is 2. The Morgan fingerprint density at radius 1 is 1.29 bits per heavy atom. The molecule has 1 fully saturated rings. The molecule has 0 bridgehead atoms. The number of aryl methyl sites for hydroxylation is 1. The predicted octanol–water partition coefficient (Wildman–Crippen LogP) is 1.55. The van der Waals surface area contributed by atoms with Gasteiger partial charge in [-0.2, -0.15) is 0 Å². The molecule has 0 aliphatic heterocycles. The van der Waals surface area contributed by atoms with Crippen LogP contribution in [0.4, 0.5) is 5.69 Å². The first-order chi connectivity index (χ1) is 9.90. The summed E-state index contributed by atoms with van der Waals surface area (Å²) in [7, 11) is 0. The average molecular weight is 290 g/mol. The van der Waals surface area contributed by atoms with E-state index in [1.165, 1.54) is 0 Å². The van der Waals surface area contributed by atoms with E-state index in [1.54, 1.807) is 25.1 Å². The molecule has 0 unspecified atom stereocenters. The molecule has 6 nitrogen and oxygen atoms in total. The highest BCUT2D eigenvalue weighted by Gasteiger charge is 2.57. The fourth-order valence-corrected chi connectivity index (χ4v) is 2.11. The van der Waals surface area contributed by atoms with Crippen molar-refractivity contribution >= 4 is 23.5 Å². The van der Waals surface area contributed by atoms with Gasteiger partial charge in [-0.05, 0) is 50.5 Å². The lowest BCUT2D eigenvalue weighted by molar-refractivity contribution is -0.147. The molecule has 0 spiro atoms. The van der Waals surface area contributed by atoms with Crippen LogP contribution in [0, 0.1) is 12.3 Å². The molecule has 1 aliphatic rings. The summed E-state index contributed by atoms with van der Waals surface area (Å²) in [5.74, 6) is -1.76. The molecule has 0 aromatic heterocycles. The molecule has 0 saturated heterocycles. The Morgan fingerprint density at radius 3 is 2.43 bits per heavy atom. The van der Waals surface area contributed by atoms with Crippen LogP contribution in [-0.4, -0.2) is 29.4 Å². The Balaban J connectivity index is 2.13. The summed E-state index contributed by atoms with van der Waals surface area (Å²) in [5, 5.41) is 14.4. The number of carboxylic acids is 1. The molecule has 6 heteroatoms. The second-order valence-electron chi connectivity index (χ2n) is 5.23. The van der Waals surface area contributed by atoms with Gasteiger partial charge in [-0.15, -0.1) is 0 Å². The number of hydrogen-bond donors (Lipinski definition) is 3. The number of aliphatic carboxylic acids is 1. The van der Waals surface area contributed by atoms with Gasteiger partial charge in [-0.3, -0.25) is 14.4 Å². The Labute approximate surface area is 122 Å². The quantitative estimate of drug-likeness (QED) is 0.717. The number of anilines is 1. The van der Waals surface area contributed by atoms with Gasteiger partial charge in [0.25, 0.3) is 5.91 Å². The SMILES string of the molecule is CCNC(=O)c1ccc(NC(=O)C2(C(=O)O)CC2)c(C)c1. The maximum Gasteiger partial charge on any atom is 0.319 e. The molecule has 1 aromatic rings. The molecular formula is C15H18N2O4. The molecule has 3 N–H and O–H groups in total. The van der Waals surface area contributed by atoms with E-state index in [4.69, 9.17) is 5.11 Å². The Hall–Kier alpha value is -2.37. The van der Waals surface area contributed by atoms with E-state index in [9.17, 15) is 14.4 Å². The Morgan fingerprint density at radius 2 is 1.95 bits per heavy atom. The van der Waals surface area contributed by atoms with Crippen LogP contribution < -0.4 is 10.6 Å². The average Bonchev–Trinajstić information content (AvgIpc) is 3.22. The number of benzene rings is 1. The molecule has 21 heavy (non-hydrogen) atoms. The lowest BCUT2D eigenvalue weighted by atomic mass is 10.1. The summed E-state index contributed by atoms with van der Waals surface area (Å²) in [6.45, 7) is 4.14. The van der Waals surface area contributed by atoms with Crippen molar-refractivity contribution in [3.8, 4) is 0 Å². The normalized spacial score (nSPS) is 15.1. The molecule has 112 valence electrons. The zero-order chi connectivity index (χ0) is 15.6. The smallest absolute Gasteiger partial charge is 0.319 e. The van der Waals surface area contributed by atoms with Gasteiger partial charge in [0, 0.05) is 17.8 Å². The lowest BCUT2D eigenvalue weighted by Gasteiger charge is -2.13. The zero-order valence-electron chi connectivity index (χ0n) is 12.0. The predicted molar refractivity (Wildman–Crippen MR) is 77.1 cm³/mol. The highest BCUT2D eigenvalue weighted by atomic mass is 16.4. The van der Waals surface area contributed by atoms with E-state index in [1.807, 2.05) is 6.92 Å². The molecular weight excluding hydrogens is 272 g/mol. The number of carboxylic acid groups (broad SMARTS) is 1. The molecule has 0 atom stereocenters. The van der Waals surface area contributed by atoms with Crippen molar-refractivity contribution in [1.29, 1.82) is 0 Å². The maximum absolute atomic E-state index is 12.0. The minimum Gasteiger partial charge on any atom is -0.480 e. The molecule has 2 amide bonds. The largest absolute Gasteiger partial charge is 0.480 e. The summed E-state index contributed by atoms with van der Waals surface area (Å²) in [5.41, 5.74) is 0.477. The van der Waals surface area contributed by atoms with Crippen LogP contribution in [0.25, 0.3) is 0 Å². The summed E-state index contributed by atoms with van der Waals surface area (Å²) < 4.78 is 0. The van der Waals surface area contributed by atoms with Gasteiger partial charge in [0.05, 0.1) is 0 Å². The second-order valence-corrected chi connectivity index (χ2v) is 5.23. The van der Waals surface area contributed by atoms with Crippen molar-refractivity contribution in [2.24, 2.45) is 5.41 Å². The van der Waals surface area contributed by atoms with Crippen molar-refractivity contribution in [3.63, 3.8) is 0 Å². The fourth-order valence-electron chi connectivity index (χ4n) is 2.11. The third-order valence-corrected chi connectivity index (χ3v) is 3.67. The van der Waals surface area contributed by atoms with E-state index in [2.05, 4.69) is 10.6 Å². The molecule has 1 aromatic carbocycles. The van der Waals surface area contributed by atoms with E-state index in [0.717, 1.165) is 0 Å². The Kier molecular flexibility index (Phi) is 3.97. The summed E-state index contributed by atoms with van der Waals surface area (Å²) >= 11 is 0. The molecule has 0 heterocycles. The Bertz CT molecular complexity index is 606. The van der Waals surface area contributed by atoms with E-state index < -0.39 is 17.3 Å². The number of rotatable bonds is 5. The van der Waals surface area contributed by atoms with E-state index >= 15 is 0 Å². The number of nitrogens with one attached hydrogen (secondary N) is 2. The van der Waals surface area contributed by atoms with Crippen molar-refractivity contribution < 1.29 is 19.5 Å². The monoisotopic (exact) mass is 290 g/mol. The van der Waals surface area contributed by atoms with Gasteiger partial charge in [0.15, 0.2) is 0 Å². The van der Waals surface area contributed by atoms with Crippen molar-refractivity contribution in [2.45, 2.75) is 26.7 Å². The minimum absolute atomic E-state index is 0.178. The van der Waals surface area contributed by atoms with Gasteiger partial charge < -0.3 is 15.7 Å².